The van der Waals surface area contributed by atoms with Crippen molar-refractivity contribution in [3.63, 3.8) is 0 Å². The molecule has 2 heterocycles. The van der Waals surface area contributed by atoms with Crippen LogP contribution in [0.2, 0.25) is 25.7 Å². The fourth-order valence-corrected chi connectivity index (χ4v) is 3.06. The number of carbonyl (C=O) groups is 1. The van der Waals surface area contributed by atoms with Crippen molar-refractivity contribution in [1.82, 2.24) is 14.7 Å². The first-order valence-corrected chi connectivity index (χ1v) is 11.9. The van der Waals surface area contributed by atoms with E-state index >= 15 is 0 Å². The summed E-state index contributed by atoms with van der Waals surface area (Å²) < 4.78 is 13.0. The van der Waals surface area contributed by atoms with Crippen molar-refractivity contribution in [1.29, 1.82) is 0 Å². The third-order valence-electron chi connectivity index (χ3n) is 3.60. The summed E-state index contributed by atoms with van der Waals surface area (Å²) >= 11 is 0. The molecule has 0 saturated heterocycles. The minimum absolute atomic E-state index is 0.278. The van der Waals surface area contributed by atoms with Gasteiger partial charge in [-0.3, -0.25) is 4.90 Å². The number of nitrogens with zero attached hydrogens (tertiary/aromatic N) is 3. The van der Waals surface area contributed by atoms with Crippen molar-refractivity contribution in [2.24, 2.45) is 0 Å². The molecule has 0 fully saturated rings. The van der Waals surface area contributed by atoms with Crippen LogP contribution >= 0.6 is 0 Å². The number of ether oxygens (including phenoxy) is 2. The van der Waals surface area contributed by atoms with Crippen molar-refractivity contribution in [2.45, 2.75) is 71.9 Å². The average molecular weight is 340 g/mol. The van der Waals surface area contributed by atoms with Gasteiger partial charge in [0, 0.05) is 20.2 Å². The molecule has 1 aromatic heterocycles. The Morgan fingerprint density at radius 2 is 2.00 bits per heavy atom. The summed E-state index contributed by atoms with van der Waals surface area (Å²) in [4.78, 5) is 13.9. The van der Waals surface area contributed by atoms with E-state index in [0.717, 1.165) is 23.9 Å². The highest BCUT2D eigenvalue weighted by Crippen LogP contribution is 2.24. The molecule has 0 radical (unpaired) electrons. The highest BCUT2D eigenvalue weighted by atomic mass is 28.3. The van der Waals surface area contributed by atoms with Crippen LogP contribution in [-0.4, -0.2) is 41.1 Å². The van der Waals surface area contributed by atoms with Gasteiger partial charge in [-0.05, 0) is 26.8 Å². The lowest BCUT2D eigenvalue weighted by molar-refractivity contribution is 0.0230. The van der Waals surface area contributed by atoms with Gasteiger partial charge in [-0.2, -0.15) is 5.10 Å². The normalized spacial score (nSPS) is 15.0. The van der Waals surface area contributed by atoms with Crippen LogP contribution in [0.4, 0.5) is 4.79 Å². The Bertz CT molecular complexity index is 558. The second-order valence-corrected chi connectivity index (χ2v) is 13.9. The summed E-state index contributed by atoms with van der Waals surface area (Å²) in [5.41, 5.74) is 1.64. The van der Waals surface area contributed by atoms with Gasteiger partial charge in [0.15, 0.2) is 0 Å². The Morgan fingerprint density at radius 3 is 2.61 bits per heavy atom. The lowest BCUT2D eigenvalue weighted by atomic mass is 10.2. The number of fused-ring (bicyclic) bond motifs is 1. The first kappa shape index (κ1) is 18.0. The van der Waals surface area contributed by atoms with Crippen molar-refractivity contribution in [3.05, 3.63) is 17.5 Å². The van der Waals surface area contributed by atoms with Crippen molar-refractivity contribution < 1.29 is 14.3 Å². The lowest BCUT2D eigenvalue weighted by Crippen LogP contribution is -2.33. The largest absolute Gasteiger partial charge is 0.444 e. The number of amides is 1. The molecule has 0 saturated carbocycles. The highest BCUT2D eigenvalue weighted by Gasteiger charge is 2.30. The zero-order chi connectivity index (χ0) is 17.3. The van der Waals surface area contributed by atoms with Crippen LogP contribution in [-0.2, 0) is 29.3 Å². The maximum Gasteiger partial charge on any atom is 0.410 e. The number of hydrogen-bond acceptors (Lipinski definition) is 4. The summed E-state index contributed by atoms with van der Waals surface area (Å²) in [5.74, 6) is 0. The fourth-order valence-electron chi connectivity index (χ4n) is 2.30. The highest BCUT2D eigenvalue weighted by molar-refractivity contribution is 6.76. The summed E-state index contributed by atoms with van der Waals surface area (Å²) in [6.07, 6.45) is 1.54. The van der Waals surface area contributed by atoms with Crippen LogP contribution in [0.3, 0.4) is 0 Å². The van der Waals surface area contributed by atoms with Crippen LogP contribution in [0.25, 0.3) is 0 Å². The Morgan fingerprint density at radius 1 is 1.30 bits per heavy atom. The predicted octanol–water partition coefficient (Wildman–Crippen LogP) is 3.45. The molecule has 1 aromatic rings. The maximum atomic E-state index is 12.2. The van der Waals surface area contributed by atoms with Crippen LogP contribution in [0.5, 0.6) is 0 Å². The second-order valence-electron chi connectivity index (χ2n) is 8.30. The van der Waals surface area contributed by atoms with E-state index in [4.69, 9.17) is 9.47 Å². The molecule has 0 bridgehead atoms. The van der Waals surface area contributed by atoms with Crippen LogP contribution < -0.4 is 0 Å². The first-order chi connectivity index (χ1) is 10.6. The molecule has 0 aliphatic carbocycles. The van der Waals surface area contributed by atoms with Gasteiger partial charge in [-0.15, -0.1) is 0 Å². The van der Waals surface area contributed by atoms with E-state index in [-0.39, 0.29) is 6.09 Å². The molecule has 23 heavy (non-hydrogen) atoms. The van der Waals surface area contributed by atoms with E-state index in [1.54, 1.807) is 4.90 Å². The minimum atomic E-state index is -1.07. The molecule has 130 valence electrons. The number of carbonyl (C=O) groups excluding carboxylic acids is 1. The van der Waals surface area contributed by atoms with Gasteiger partial charge < -0.3 is 9.47 Å². The molecule has 0 aromatic carbocycles. The molecule has 1 amide bonds. The van der Waals surface area contributed by atoms with Gasteiger partial charge in [0.1, 0.15) is 12.3 Å². The van der Waals surface area contributed by atoms with Crippen molar-refractivity contribution in [2.75, 3.05) is 6.61 Å². The van der Waals surface area contributed by atoms with Gasteiger partial charge in [-0.25, -0.2) is 9.48 Å². The molecule has 6 nitrogen and oxygen atoms in total. The Balaban J connectivity index is 1.87. The third-order valence-corrected chi connectivity index (χ3v) is 5.30. The molecule has 0 spiro atoms. The van der Waals surface area contributed by atoms with E-state index in [1.807, 2.05) is 31.6 Å². The summed E-state index contributed by atoms with van der Waals surface area (Å²) in [7, 11) is -1.07. The first-order valence-electron chi connectivity index (χ1n) is 8.14. The zero-order valence-electron chi connectivity index (χ0n) is 15.2. The Hall–Kier alpha value is -1.34. The van der Waals surface area contributed by atoms with Gasteiger partial charge in [0.25, 0.3) is 0 Å². The van der Waals surface area contributed by atoms with Crippen molar-refractivity contribution >= 4 is 14.2 Å². The molecule has 0 N–H and O–H groups in total. The standard InChI is InChI=1S/C16H29N3O3Si/c1-16(2,3)22-15(20)18-10-13-9-17-19(14(13)11-18)12-21-7-8-23(4,5)6/h9H,7-8,10-12H2,1-6H3. The lowest BCUT2D eigenvalue weighted by Gasteiger charge is -2.24. The molecule has 7 heteroatoms. The van der Waals surface area contributed by atoms with E-state index in [2.05, 4.69) is 24.7 Å². The topological polar surface area (TPSA) is 56.6 Å². The van der Waals surface area contributed by atoms with Gasteiger partial charge in [-0.1, -0.05) is 19.6 Å². The zero-order valence-corrected chi connectivity index (χ0v) is 16.2. The Kier molecular flexibility index (Phi) is 5.20. The number of hydrogen-bond donors (Lipinski definition) is 0. The van der Waals surface area contributed by atoms with Crippen LogP contribution in [0.15, 0.2) is 6.20 Å². The summed E-state index contributed by atoms with van der Waals surface area (Å²) in [5, 5.41) is 4.36. The van der Waals surface area contributed by atoms with Crippen LogP contribution in [0, 0.1) is 0 Å². The summed E-state index contributed by atoms with van der Waals surface area (Å²) in [6.45, 7) is 14.9. The monoisotopic (exact) mass is 339 g/mol. The molecule has 2 rings (SSSR count). The molecule has 0 atom stereocenters. The van der Waals surface area contributed by atoms with Crippen LogP contribution in [0.1, 0.15) is 32.0 Å². The van der Waals surface area contributed by atoms with E-state index in [1.165, 1.54) is 0 Å². The molecule has 1 aliphatic rings. The molecule has 1 aliphatic heterocycles. The number of aromatic nitrogens is 2. The Labute approximate surface area is 139 Å². The smallest absolute Gasteiger partial charge is 0.410 e. The minimum Gasteiger partial charge on any atom is -0.444 e. The van der Waals surface area contributed by atoms with E-state index < -0.39 is 13.7 Å². The summed E-state index contributed by atoms with van der Waals surface area (Å²) in [6, 6.07) is 1.14. The van der Waals surface area contributed by atoms with Crippen molar-refractivity contribution in [3.8, 4) is 0 Å². The van der Waals surface area contributed by atoms with Gasteiger partial charge >= 0.3 is 6.09 Å². The van der Waals surface area contributed by atoms with Gasteiger partial charge in [0.05, 0.1) is 25.0 Å². The predicted molar refractivity (Wildman–Crippen MR) is 91.8 cm³/mol. The van der Waals surface area contributed by atoms with Gasteiger partial charge in [0.2, 0.25) is 0 Å². The molecule has 0 unspecified atom stereocenters. The van der Waals surface area contributed by atoms with E-state index in [9.17, 15) is 4.79 Å². The quantitative estimate of drug-likeness (QED) is 0.609. The SMILES string of the molecule is CC(C)(C)OC(=O)N1Cc2cnn(COCC[Si](C)(C)C)c2C1. The fraction of sp³-hybridized carbons (Fsp3) is 0.750. The second kappa shape index (κ2) is 6.65. The average Bonchev–Trinajstić information content (AvgIpc) is 2.92. The number of rotatable bonds is 5. The third kappa shape index (κ3) is 5.35. The maximum absolute atomic E-state index is 12.2. The molecular weight excluding hydrogens is 310 g/mol. The van der Waals surface area contributed by atoms with E-state index in [0.29, 0.717) is 19.8 Å². The molecular formula is C16H29N3O3Si.